The molecule has 108 valence electrons. The van der Waals surface area contributed by atoms with Crippen LogP contribution in [-0.4, -0.2) is 84.3 Å². The van der Waals surface area contributed by atoms with E-state index in [9.17, 15) is 8.42 Å². The summed E-state index contributed by atoms with van der Waals surface area (Å²) in [6.07, 6.45) is 0. The van der Waals surface area contributed by atoms with Crippen LogP contribution in [0.3, 0.4) is 0 Å². The van der Waals surface area contributed by atoms with Gasteiger partial charge in [0.05, 0.1) is 66.9 Å². The van der Waals surface area contributed by atoms with Crippen molar-refractivity contribution in [2.24, 2.45) is 0 Å². The zero-order valence-electron chi connectivity index (χ0n) is 11.7. The summed E-state index contributed by atoms with van der Waals surface area (Å²) in [5.41, 5.74) is 0. The lowest BCUT2D eigenvalue weighted by molar-refractivity contribution is -0.868. The van der Waals surface area contributed by atoms with Crippen molar-refractivity contribution in [3.8, 4) is 0 Å². The lowest BCUT2D eigenvalue weighted by atomic mass is 10.6. The second kappa shape index (κ2) is 8.49. The van der Waals surface area contributed by atoms with E-state index >= 15 is 0 Å². The Bertz CT molecular complexity index is 268. The van der Waals surface area contributed by atoms with Gasteiger partial charge < -0.3 is 56.9 Å². The Hall–Kier alpha value is 1.33. The van der Waals surface area contributed by atoms with Crippen molar-refractivity contribution in [3.05, 3.63) is 0 Å². The highest BCUT2D eigenvalue weighted by Crippen LogP contribution is 1.99. The lowest BCUT2D eigenvalue weighted by Crippen LogP contribution is -3.00. The highest BCUT2D eigenvalue weighted by Gasteiger charge is 2.19. The number of quaternary nitrogens is 2. The second-order valence-electron chi connectivity index (χ2n) is 6.18. The smallest absolute Gasteiger partial charge is 0.161 e. The molecular formula is C10H26I2N2O2S. The fraction of sp³-hybridized carbons (Fsp3) is 1.00. The van der Waals surface area contributed by atoms with Gasteiger partial charge in [0.2, 0.25) is 0 Å². The molecule has 0 unspecified atom stereocenters. The van der Waals surface area contributed by atoms with Gasteiger partial charge in [0.25, 0.3) is 0 Å². The van der Waals surface area contributed by atoms with Gasteiger partial charge in [-0.15, -0.1) is 0 Å². The van der Waals surface area contributed by atoms with Crippen LogP contribution < -0.4 is 48.0 Å². The first-order valence-corrected chi connectivity index (χ1v) is 7.05. The van der Waals surface area contributed by atoms with Gasteiger partial charge in [0, 0.05) is 0 Å². The predicted molar refractivity (Wildman–Crippen MR) is 64.5 cm³/mol. The van der Waals surface area contributed by atoms with E-state index in [2.05, 4.69) is 0 Å². The number of sulfone groups is 1. The van der Waals surface area contributed by atoms with E-state index in [0.29, 0.717) is 22.1 Å². The van der Waals surface area contributed by atoms with Crippen molar-refractivity contribution in [1.82, 2.24) is 0 Å². The summed E-state index contributed by atoms with van der Waals surface area (Å²) < 4.78 is 24.8. The Morgan fingerprint density at radius 3 is 1.12 bits per heavy atom. The van der Waals surface area contributed by atoms with Crippen molar-refractivity contribution in [2.75, 3.05) is 66.9 Å². The molecule has 0 aliphatic carbocycles. The van der Waals surface area contributed by atoms with Gasteiger partial charge in [-0.2, -0.15) is 0 Å². The van der Waals surface area contributed by atoms with Crippen LogP contribution >= 0.6 is 0 Å². The molecule has 0 aromatic carbocycles. The van der Waals surface area contributed by atoms with Gasteiger partial charge in [0.15, 0.2) is 9.84 Å². The van der Waals surface area contributed by atoms with Gasteiger partial charge >= 0.3 is 0 Å². The van der Waals surface area contributed by atoms with Gasteiger partial charge in [-0.25, -0.2) is 8.42 Å². The maximum Gasteiger partial charge on any atom is 0.161 e. The maximum atomic E-state index is 11.7. The Morgan fingerprint density at radius 2 is 0.941 bits per heavy atom. The molecule has 0 heterocycles. The minimum Gasteiger partial charge on any atom is -1.00 e. The highest BCUT2D eigenvalue weighted by molar-refractivity contribution is 7.91. The van der Waals surface area contributed by atoms with E-state index in [4.69, 9.17) is 0 Å². The molecule has 17 heavy (non-hydrogen) atoms. The first kappa shape index (κ1) is 23.4. The summed E-state index contributed by atoms with van der Waals surface area (Å²) >= 11 is 0. The van der Waals surface area contributed by atoms with Crippen LogP contribution in [0.5, 0.6) is 0 Å². The average Bonchev–Trinajstić information content (AvgIpc) is 1.96. The van der Waals surface area contributed by atoms with E-state index in [-0.39, 0.29) is 59.5 Å². The Morgan fingerprint density at radius 1 is 0.706 bits per heavy atom. The summed E-state index contributed by atoms with van der Waals surface area (Å²) in [4.78, 5) is 0. The van der Waals surface area contributed by atoms with E-state index in [1.54, 1.807) is 0 Å². The van der Waals surface area contributed by atoms with Gasteiger partial charge in [-0.05, 0) is 0 Å². The van der Waals surface area contributed by atoms with Crippen molar-refractivity contribution in [1.29, 1.82) is 0 Å². The molecule has 0 aromatic heterocycles. The number of nitrogens with zero attached hydrogens (tertiary/aromatic N) is 2. The van der Waals surface area contributed by atoms with Crippen LogP contribution in [0.4, 0.5) is 0 Å². The molecule has 7 heteroatoms. The largest absolute Gasteiger partial charge is 1.00 e. The van der Waals surface area contributed by atoms with Crippen molar-refractivity contribution >= 4 is 9.84 Å². The normalized spacial score (nSPS) is 12.6. The van der Waals surface area contributed by atoms with Crippen LogP contribution in [0, 0.1) is 0 Å². The standard InChI is InChI=1S/C10H26N2O2S.2HI/c1-11(2,3)7-9-15(13,14)10-8-12(4,5)6;;/h7-10H2,1-6H3;2*1H/q+2;;/p-2. The Kier molecular flexibility index (Phi) is 11.7. The second-order valence-corrected chi connectivity index (χ2v) is 8.48. The van der Waals surface area contributed by atoms with Crippen LogP contribution in [0.1, 0.15) is 0 Å². The summed E-state index contributed by atoms with van der Waals surface area (Å²) in [5.74, 6) is 0.576. The van der Waals surface area contributed by atoms with E-state index in [1.807, 2.05) is 42.3 Å². The van der Waals surface area contributed by atoms with Crippen LogP contribution in [0.25, 0.3) is 0 Å². The lowest BCUT2D eigenvalue weighted by Gasteiger charge is -2.25. The van der Waals surface area contributed by atoms with Crippen LogP contribution in [0.15, 0.2) is 0 Å². The quantitative estimate of drug-likeness (QED) is 0.274. The van der Waals surface area contributed by atoms with E-state index in [0.717, 1.165) is 0 Å². The van der Waals surface area contributed by atoms with Gasteiger partial charge in [-0.1, -0.05) is 0 Å². The summed E-state index contributed by atoms with van der Waals surface area (Å²) in [5, 5.41) is 0. The number of hydrogen-bond acceptors (Lipinski definition) is 2. The molecule has 0 spiro atoms. The van der Waals surface area contributed by atoms with Crippen LogP contribution in [-0.2, 0) is 9.84 Å². The number of rotatable bonds is 6. The fourth-order valence-electron chi connectivity index (χ4n) is 0.928. The highest BCUT2D eigenvalue weighted by atomic mass is 127. The number of hydrogen-bond donors (Lipinski definition) is 0. The van der Waals surface area contributed by atoms with Gasteiger partial charge in [-0.3, -0.25) is 0 Å². The van der Waals surface area contributed by atoms with Crippen molar-refractivity contribution < 1.29 is 65.3 Å². The topological polar surface area (TPSA) is 34.1 Å². The average molecular weight is 492 g/mol. The van der Waals surface area contributed by atoms with Gasteiger partial charge in [0.1, 0.15) is 0 Å². The molecule has 0 saturated carbocycles. The third-order valence-electron chi connectivity index (χ3n) is 2.15. The maximum absolute atomic E-state index is 11.7. The monoisotopic (exact) mass is 492 g/mol. The SMILES string of the molecule is C[N+](C)(C)CCS(=O)(=O)CC[N+](C)(C)C.[I-].[I-]. The van der Waals surface area contributed by atoms with Crippen molar-refractivity contribution in [2.45, 2.75) is 0 Å². The molecule has 0 aromatic rings. The van der Waals surface area contributed by atoms with Crippen molar-refractivity contribution in [3.63, 3.8) is 0 Å². The molecular weight excluding hydrogens is 466 g/mol. The van der Waals surface area contributed by atoms with Crippen LogP contribution in [0.2, 0.25) is 0 Å². The number of halogens is 2. The first-order chi connectivity index (χ1) is 6.41. The fourth-order valence-corrected chi connectivity index (χ4v) is 2.78. The minimum absolute atomic E-state index is 0. The molecule has 0 N–H and O–H groups in total. The Labute approximate surface area is 141 Å². The molecule has 0 saturated heterocycles. The molecule has 0 amide bonds. The molecule has 0 radical (unpaired) electrons. The minimum atomic E-state index is -2.88. The first-order valence-electron chi connectivity index (χ1n) is 5.23. The predicted octanol–water partition coefficient (Wildman–Crippen LogP) is -6.18. The molecule has 0 bridgehead atoms. The third-order valence-corrected chi connectivity index (χ3v) is 3.76. The third kappa shape index (κ3) is 17.3. The molecule has 0 fully saturated rings. The van der Waals surface area contributed by atoms with E-state index in [1.165, 1.54) is 0 Å². The molecule has 0 rings (SSSR count). The summed E-state index contributed by atoms with van der Waals surface area (Å²) in [7, 11) is 9.18. The molecule has 0 aliphatic heterocycles. The van der Waals surface area contributed by atoms with E-state index < -0.39 is 9.84 Å². The zero-order valence-corrected chi connectivity index (χ0v) is 16.8. The summed E-state index contributed by atoms with van der Waals surface area (Å²) in [6, 6.07) is 0. The molecule has 0 atom stereocenters. The summed E-state index contributed by atoms with van der Waals surface area (Å²) in [6.45, 7) is 1.36. The Balaban J connectivity index is -0.000000980. The zero-order chi connectivity index (χ0) is 12.3. The molecule has 0 aliphatic rings. The molecule has 4 nitrogen and oxygen atoms in total.